The summed E-state index contributed by atoms with van der Waals surface area (Å²) in [6.45, 7) is 6.11. The molecule has 2 rings (SSSR count). The van der Waals surface area contributed by atoms with Crippen LogP contribution < -0.4 is 0 Å². The van der Waals surface area contributed by atoms with Gasteiger partial charge in [0.05, 0.1) is 5.54 Å². The molecule has 0 spiro atoms. The molecule has 1 saturated heterocycles. The Kier molecular flexibility index (Phi) is 3.36. The van der Waals surface area contributed by atoms with Gasteiger partial charge in [0.15, 0.2) is 0 Å². The normalized spacial score (nSPS) is 28.5. The Balaban J connectivity index is 2.32. The van der Waals surface area contributed by atoms with Crippen LogP contribution in [0.5, 0.6) is 0 Å². The topological polar surface area (TPSA) is 23.1 Å². The summed E-state index contributed by atoms with van der Waals surface area (Å²) in [5.41, 5.74) is 1.76. The van der Waals surface area contributed by atoms with Gasteiger partial charge in [0.2, 0.25) is 0 Å². The van der Waals surface area contributed by atoms with Crippen LogP contribution in [-0.2, 0) is 16.1 Å². The lowest BCUT2D eigenvalue weighted by Gasteiger charge is -2.35. The minimum absolute atomic E-state index is 0.247. The predicted octanol–water partition coefficient (Wildman–Crippen LogP) is 4.02. The number of alkyl halides is 1. The van der Waals surface area contributed by atoms with Crippen molar-refractivity contribution in [2.24, 2.45) is 0 Å². The maximum absolute atomic E-state index is 12.4. The molecule has 2 nitrogen and oxygen atoms in total. The molecule has 1 aromatic rings. The lowest BCUT2D eigenvalue weighted by atomic mass is 9.90. The van der Waals surface area contributed by atoms with Crippen molar-refractivity contribution in [1.82, 2.24) is 5.06 Å². The van der Waals surface area contributed by atoms with Crippen molar-refractivity contribution in [3.63, 3.8) is 0 Å². The Morgan fingerprint density at radius 3 is 2.18 bits per heavy atom. The second kappa shape index (κ2) is 4.38. The fourth-order valence-corrected chi connectivity index (χ4v) is 3.01. The average Bonchev–Trinajstić information content (AvgIpc) is 2.55. The number of rotatable bonds is 2. The second-order valence-electron chi connectivity index (χ2n) is 5.71. The Morgan fingerprint density at radius 2 is 1.76 bits per heavy atom. The Bertz CT molecular complexity index is 401. The molecule has 1 unspecified atom stereocenters. The standard InChI is InChI=1S/C14H19BrNO/c1-13(2)8-9-14(3,16(13)17)12-6-4-11(10-15)5-7-12/h4-7H,8-10H2,1-3H3. The largest absolute Gasteiger partial charge is 0.139 e. The summed E-state index contributed by atoms with van der Waals surface area (Å²) < 4.78 is 0. The van der Waals surface area contributed by atoms with Gasteiger partial charge in [0.1, 0.15) is 0 Å². The quantitative estimate of drug-likeness (QED) is 0.756. The molecule has 1 aliphatic rings. The van der Waals surface area contributed by atoms with Gasteiger partial charge in [-0.3, -0.25) is 0 Å². The summed E-state index contributed by atoms with van der Waals surface area (Å²) >= 11 is 3.44. The van der Waals surface area contributed by atoms with Gasteiger partial charge in [0.25, 0.3) is 0 Å². The first-order valence-electron chi connectivity index (χ1n) is 6.03. The van der Waals surface area contributed by atoms with Gasteiger partial charge in [0, 0.05) is 10.9 Å². The molecule has 1 aliphatic heterocycles. The van der Waals surface area contributed by atoms with Gasteiger partial charge >= 0.3 is 0 Å². The van der Waals surface area contributed by atoms with Crippen LogP contribution in [-0.4, -0.2) is 10.6 Å². The molecule has 1 heterocycles. The maximum atomic E-state index is 12.4. The molecule has 1 fully saturated rings. The molecule has 17 heavy (non-hydrogen) atoms. The molecule has 0 aliphatic carbocycles. The number of halogens is 1. The minimum atomic E-state index is -0.367. The van der Waals surface area contributed by atoms with E-state index in [4.69, 9.17) is 0 Å². The molecule has 0 saturated carbocycles. The fourth-order valence-electron chi connectivity index (χ4n) is 2.63. The van der Waals surface area contributed by atoms with Crippen molar-refractivity contribution in [3.8, 4) is 0 Å². The summed E-state index contributed by atoms with van der Waals surface area (Å²) in [4.78, 5) is 0. The highest BCUT2D eigenvalue weighted by molar-refractivity contribution is 9.08. The van der Waals surface area contributed by atoms with Gasteiger partial charge in [-0.2, -0.15) is 0 Å². The number of benzene rings is 1. The highest BCUT2D eigenvalue weighted by Crippen LogP contribution is 2.45. The van der Waals surface area contributed by atoms with E-state index in [-0.39, 0.29) is 11.1 Å². The summed E-state index contributed by atoms with van der Waals surface area (Å²) in [6.07, 6.45) is 1.88. The zero-order valence-electron chi connectivity index (χ0n) is 10.7. The molecular weight excluding hydrogens is 278 g/mol. The van der Waals surface area contributed by atoms with Crippen molar-refractivity contribution in [3.05, 3.63) is 35.4 Å². The van der Waals surface area contributed by atoms with E-state index in [9.17, 15) is 5.21 Å². The van der Waals surface area contributed by atoms with E-state index >= 15 is 0 Å². The van der Waals surface area contributed by atoms with E-state index in [1.807, 2.05) is 13.8 Å². The van der Waals surface area contributed by atoms with E-state index in [1.54, 1.807) is 0 Å². The highest BCUT2D eigenvalue weighted by atomic mass is 79.9. The Labute approximate surface area is 112 Å². The third-order valence-electron chi connectivity index (χ3n) is 3.95. The van der Waals surface area contributed by atoms with Gasteiger partial charge in [-0.25, -0.2) is 0 Å². The van der Waals surface area contributed by atoms with Crippen LogP contribution in [0.2, 0.25) is 0 Å². The van der Waals surface area contributed by atoms with Crippen LogP contribution in [0.1, 0.15) is 44.7 Å². The van der Waals surface area contributed by atoms with Gasteiger partial charge in [-0.1, -0.05) is 40.2 Å². The van der Waals surface area contributed by atoms with Crippen LogP contribution in [0.3, 0.4) is 0 Å². The van der Waals surface area contributed by atoms with Gasteiger partial charge in [-0.15, -0.1) is 10.3 Å². The number of hydrogen-bond donors (Lipinski definition) is 0. The van der Waals surface area contributed by atoms with Crippen molar-refractivity contribution in [1.29, 1.82) is 0 Å². The van der Waals surface area contributed by atoms with Crippen molar-refractivity contribution in [2.75, 3.05) is 0 Å². The average molecular weight is 297 g/mol. The highest BCUT2D eigenvalue weighted by Gasteiger charge is 2.49. The van der Waals surface area contributed by atoms with Gasteiger partial charge in [-0.05, 0) is 44.7 Å². The molecule has 1 radical (unpaired) electrons. The fraction of sp³-hybridized carbons (Fsp3) is 0.571. The third kappa shape index (κ3) is 2.16. The minimum Gasteiger partial charge on any atom is -0.139 e. The van der Waals surface area contributed by atoms with Gasteiger partial charge < -0.3 is 0 Å². The predicted molar refractivity (Wildman–Crippen MR) is 72.3 cm³/mol. The van der Waals surface area contributed by atoms with E-state index in [0.29, 0.717) is 0 Å². The molecule has 3 heteroatoms. The molecule has 0 N–H and O–H groups in total. The van der Waals surface area contributed by atoms with Crippen LogP contribution in [0.4, 0.5) is 0 Å². The Morgan fingerprint density at radius 1 is 1.18 bits per heavy atom. The van der Waals surface area contributed by atoms with E-state index in [0.717, 1.165) is 23.7 Å². The third-order valence-corrected chi connectivity index (χ3v) is 4.60. The molecule has 1 aromatic carbocycles. The lowest BCUT2D eigenvalue weighted by Crippen LogP contribution is -2.44. The molecule has 0 aromatic heterocycles. The molecule has 1 atom stereocenters. The molecule has 0 bridgehead atoms. The molecule has 93 valence electrons. The van der Waals surface area contributed by atoms with E-state index < -0.39 is 0 Å². The summed E-state index contributed by atoms with van der Waals surface area (Å²) in [5, 5.41) is 14.5. The first kappa shape index (κ1) is 13.1. The first-order valence-corrected chi connectivity index (χ1v) is 7.15. The van der Waals surface area contributed by atoms with Crippen molar-refractivity contribution >= 4 is 15.9 Å². The van der Waals surface area contributed by atoms with Crippen molar-refractivity contribution in [2.45, 2.75) is 50.0 Å². The zero-order chi connectivity index (χ0) is 12.7. The summed E-state index contributed by atoms with van der Waals surface area (Å²) in [6, 6.07) is 8.36. The summed E-state index contributed by atoms with van der Waals surface area (Å²) in [5.74, 6) is 0. The number of nitrogens with zero attached hydrogens (tertiary/aromatic N) is 1. The Hall–Kier alpha value is -0.380. The monoisotopic (exact) mass is 296 g/mol. The molecular formula is C14H19BrNO. The van der Waals surface area contributed by atoms with Crippen molar-refractivity contribution < 1.29 is 5.21 Å². The van der Waals surface area contributed by atoms with E-state index in [2.05, 4.69) is 47.1 Å². The number of hydroxylamine groups is 2. The SMILES string of the molecule is CC1(C)CCC(C)(c2ccc(CBr)cc2)N1[O]. The maximum Gasteiger partial charge on any atom is 0.0720 e. The van der Waals surface area contributed by atoms with Crippen LogP contribution in [0.25, 0.3) is 0 Å². The van der Waals surface area contributed by atoms with Crippen LogP contribution in [0.15, 0.2) is 24.3 Å². The second-order valence-corrected chi connectivity index (χ2v) is 6.27. The molecule has 0 amide bonds. The van der Waals surface area contributed by atoms with Crippen LogP contribution in [0, 0.1) is 0 Å². The summed E-state index contributed by atoms with van der Waals surface area (Å²) in [7, 11) is 0. The number of hydrogen-bond acceptors (Lipinski definition) is 1. The zero-order valence-corrected chi connectivity index (χ0v) is 12.3. The van der Waals surface area contributed by atoms with Crippen LogP contribution >= 0.6 is 15.9 Å². The smallest absolute Gasteiger partial charge is 0.0720 e. The lowest BCUT2D eigenvalue weighted by molar-refractivity contribution is -0.252. The van der Waals surface area contributed by atoms with E-state index in [1.165, 1.54) is 10.6 Å². The first-order chi connectivity index (χ1) is 7.90.